The predicted octanol–water partition coefficient (Wildman–Crippen LogP) is 3.21. The van der Waals surface area contributed by atoms with Crippen molar-refractivity contribution in [1.82, 2.24) is 0 Å². The number of hydrogen-bond donors (Lipinski definition) is 0. The summed E-state index contributed by atoms with van der Waals surface area (Å²) in [4.78, 5) is 23.1. The first-order valence-corrected chi connectivity index (χ1v) is 8.37. The van der Waals surface area contributed by atoms with E-state index in [1.54, 1.807) is 36.4 Å². The van der Waals surface area contributed by atoms with Gasteiger partial charge in [0.15, 0.2) is 0 Å². The maximum Gasteiger partial charge on any atom is 0.343 e. The highest BCUT2D eigenvalue weighted by molar-refractivity contribution is 5.90. The third-order valence-electron chi connectivity index (χ3n) is 3.86. The number of hydrogen-bond acceptors (Lipinski definition) is 4. The quantitative estimate of drug-likeness (QED) is 0.316. The third kappa shape index (κ3) is 6.18. The molecule has 0 spiro atoms. The maximum atomic E-state index is 12.1. The van der Waals surface area contributed by atoms with Crippen LogP contribution in [0.25, 0.3) is 0 Å². The van der Waals surface area contributed by atoms with Crippen molar-refractivity contribution in [2.75, 3.05) is 27.2 Å². The van der Waals surface area contributed by atoms with E-state index in [0.29, 0.717) is 28.9 Å². The van der Waals surface area contributed by atoms with E-state index in [4.69, 9.17) is 9.47 Å². The summed E-state index contributed by atoms with van der Waals surface area (Å²) in [6.07, 6.45) is 1.16. The fourth-order valence-electron chi connectivity index (χ4n) is 2.43. The number of benzene rings is 2. The average molecular weight is 354 g/mol. The van der Waals surface area contributed by atoms with Gasteiger partial charge < -0.3 is 14.0 Å². The largest absolute Gasteiger partial charge is 0.457 e. The van der Waals surface area contributed by atoms with Gasteiger partial charge in [-0.05, 0) is 36.4 Å². The smallest absolute Gasteiger partial charge is 0.343 e. The van der Waals surface area contributed by atoms with Crippen LogP contribution in [0.15, 0.2) is 67.3 Å². The molecule has 0 aliphatic heterocycles. The lowest BCUT2D eigenvalue weighted by Gasteiger charge is -2.29. The topological polar surface area (TPSA) is 52.6 Å². The van der Waals surface area contributed by atoms with Crippen LogP contribution in [0, 0.1) is 0 Å². The molecule has 5 nitrogen and oxygen atoms in total. The molecular formula is C21H24NO4+. The van der Waals surface area contributed by atoms with Crippen molar-refractivity contribution in [2.45, 2.75) is 6.54 Å². The van der Waals surface area contributed by atoms with E-state index in [9.17, 15) is 9.59 Å². The predicted molar refractivity (Wildman–Crippen MR) is 99.7 cm³/mol. The summed E-state index contributed by atoms with van der Waals surface area (Å²) in [5.41, 5.74) is 1.62. The Morgan fingerprint density at radius 3 is 2.31 bits per heavy atom. The number of likely N-dealkylation sites (N-methyl/N-ethyl adjacent to an activating group) is 1. The Kier molecular flexibility index (Phi) is 6.69. The second-order valence-corrected chi connectivity index (χ2v) is 6.59. The first-order valence-electron chi connectivity index (χ1n) is 8.37. The van der Waals surface area contributed by atoms with Crippen LogP contribution in [0.5, 0.6) is 5.75 Å². The lowest BCUT2D eigenvalue weighted by molar-refractivity contribution is -0.903. The summed E-state index contributed by atoms with van der Waals surface area (Å²) in [6, 6.07) is 16.3. The summed E-state index contributed by atoms with van der Waals surface area (Å²) in [6.45, 7) is 5.16. The van der Waals surface area contributed by atoms with Crippen LogP contribution in [0.2, 0.25) is 0 Å². The highest BCUT2D eigenvalue weighted by Crippen LogP contribution is 2.17. The highest BCUT2D eigenvalue weighted by atomic mass is 16.5. The number of rotatable bonds is 8. The number of carbonyl (C=O) groups excluding carboxylic acids is 2. The summed E-state index contributed by atoms with van der Waals surface area (Å²) < 4.78 is 11.1. The Morgan fingerprint density at radius 1 is 1.04 bits per heavy atom. The van der Waals surface area contributed by atoms with E-state index < -0.39 is 5.97 Å². The summed E-state index contributed by atoms with van der Waals surface area (Å²) in [5.74, 6) is -0.277. The third-order valence-corrected chi connectivity index (χ3v) is 3.86. The number of esters is 2. The second-order valence-electron chi connectivity index (χ2n) is 6.59. The van der Waals surface area contributed by atoms with Crippen LogP contribution in [0.3, 0.4) is 0 Å². The molecular weight excluding hydrogens is 330 g/mol. The molecule has 0 aromatic heterocycles. The van der Waals surface area contributed by atoms with Gasteiger partial charge in [-0.25, -0.2) is 9.59 Å². The molecule has 0 aliphatic carbocycles. The van der Waals surface area contributed by atoms with Gasteiger partial charge >= 0.3 is 11.9 Å². The Morgan fingerprint density at radius 2 is 1.69 bits per heavy atom. The molecule has 26 heavy (non-hydrogen) atoms. The number of quaternary nitrogens is 1. The van der Waals surface area contributed by atoms with E-state index in [0.717, 1.165) is 18.2 Å². The molecule has 0 radical (unpaired) electrons. The molecule has 0 atom stereocenters. The van der Waals surface area contributed by atoms with E-state index in [1.807, 2.05) is 18.2 Å². The molecule has 2 aromatic carbocycles. The van der Waals surface area contributed by atoms with Gasteiger partial charge in [-0.15, -0.1) is 0 Å². The molecule has 0 aliphatic rings. The first-order chi connectivity index (χ1) is 12.4. The molecule has 0 saturated carbocycles. The van der Waals surface area contributed by atoms with E-state index in [1.165, 1.54) is 0 Å². The minimum Gasteiger partial charge on any atom is -0.457 e. The van der Waals surface area contributed by atoms with Crippen molar-refractivity contribution >= 4 is 11.9 Å². The van der Waals surface area contributed by atoms with E-state index >= 15 is 0 Å². The first kappa shape index (κ1) is 19.4. The molecule has 0 amide bonds. The van der Waals surface area contributed by atoms with Gasteiger partial charge in [0.25, 0.3) is 0 Å². The van der Waals surface area contributed by atoms with Crippen LogP contribution in [0.4, 0.5) is 0 Å². The Hall–Kier alpha value is -2.92. The van der Waals surface area contributed by atoms with Crippen molar-refractivity contribution in [1.29, 1.82) is 0 Å². The Balaban J connectivity index is 1.89. The van der Waals surface area contributed by atoms with Gasteiger partial charge in [0.05, 0.1) is 19.7 Å². The lowest BCUT2D eigenvalue weighted by Crippen LogP contribution is -2.41. The molecule has 0 unspecified atom stereocenters. The maximum absolute atomic E-state index is 12.1. The van der Waals surface area contributed by atoms with Gasteiger partial charge in [-0.2, -0.15) is 0 Å². The van der Waals surface area contributed by atoms with Gasteiger partial charge in [0.1, 0.15) is 25.4 Å². The summed E-state index contributed by atoms with van der Waals surface area (Å²) in [5, 5.41) is 0. The minimum atomic E-state index is -0.408. The average Bonchev–Trinajstić information content (AvgIpc) is 2.63. The Labute approximate surface area is 154 Å². The minimum absolute atomic E-state index is 0.338. The van der Waals surface area contributed by atoms with Gasteiger partial charge in [-0.1, -0.05) is 24.8 Å². The van der Waals surface area contributed by atoms with E-state index in [-0.39, 0.29) is 5.97 Å². The van der Waals surface area contributed by atoms with Crippen LogP contribution >= 0.6 is 0 Å². The highest BCUT2D eigenvalue weighted by Gasteiger charge is 2.17. The van der Waals surface area contributed by atoms with E-state index in [2.05, 4.69) is 20.7 Å². The second kappa shape index (κ2) is 8.97. The molecule has 2 aromatic rings. The SMILES string of the molecule is C=CC(=O)OCC[N+](C)(C)Cc1ccc(OC(=O)c2ccccc2)cc1. The number of ether oxygens (including phenoxy) is 2. The van der Waals surface area contributed by atoms with Crippen molar-refractivity contribution in [3.05, 3.63) is 78.4 Å². The van der Waals surface area contributed by atoms with Crippen molar-refractivity contribution < 1.29 is 23.5 Å². The molecule has 0 bridgehead atoms. The van der Waals surface area contributed by atoms with Gasteiger partial charge in [0.2, 0.25) is 0 Å². The molecule has 136 valence electrons. The van der Waals surface area contributed by atoms with Crippen LogP contribution in [-0.4, -0.2) is 43.7 Å². The zero-order valence-corrected chi connectivity index (χ0v) is 15.2. The fraction of sp³-hybridized carbons (Fsp3) is 0.238. The number of nitrogens with zero attached hydrogens (tertiary/aromatic N) is 1. The van der Waals surface area contributed by atoms with Crippen LogP contribution in [-0.2, 0) is 16.1 Å². The molecule has 0 heterocycles. The van der Waals surface area contributed by atoms with Crippen molar-refractivity contribution in [3.8, 4) is 5.75 Å². The lowest BCUT2D eigenvalue weighted by atomic mass is 10.2. The molecule has 0 N–H and O–H groups in total. The van der Waals surface area contributed by atoms with Crippen molar-refractivity contribution in [3.63, 3.8) is 0 Å². The Bertz CT molecular complexity index is 751. The fourth-order valence-corrected chi connectivity index (χ4v) is 2.43. The normalized spacial score (nSPS) is 10.8. The molecule has 0 saturated heterocycles. The summed E-state index contributed by atoms with van der Waals surface area (Å²) >= 11 is 0. The molecule has 5 heteroatoms. The van der Waals surface area contributed by atoms with Crippen LogP contribution in [0.1, 0.15) is 15.9 Å². The summed E-state index contributed by atoms with van der Waals surface area (Å²) in [7, 11) is 4.12. The zero-order valence-electron chi connectivity index (χ0n) is 15.2. The molecule has 2 rings (SSSR count). The van der Waals surface area contributed by atoms with Crippen molar-refractivity contribution in [2.24, 2.45) is 0 Å². The zero-order chi connectivity index (χ0) is 19.0. The number of carbonyl (C=O) groups is 2. The monoisotopic (exact) mass is 354 g/mol. The molecule has 0 fully saturated rings. The van der Waals surface area contributed by atoms with Gasteiger partial charge in [-0.3, -0.25) is 0 Å². The standard InChI is InChI=1S/C21H24NO4/c1-4-20(23)25-15-14-22(2,3)16-17-10-12-19(13-11-17)26-21(24)18-8-6-5-7-9-18/h4-13H,1,14-16H2,2-3H3/q+1. The van der Waals surface area contributed by atoms with Gasteiger partial charge in [0, 0.05) is 11.6 Å². The van der Waals surface area contributed by atoms with Crippen LogP contribution < -0.4 is 4.74 Å².